The lowest BCUT2D eigenvalue weighted by molar-refractivity contribution is 0.452. The molecule has 41 heavy (non-hydrogen) atoms. The Labute approximate surface area is 240 Å². The first-order chi connectivity index (χ1) is 20.3. The molecule has 0 saturated carbocycles. The van der Waals surface area contributed by atoms with E-state index in [4.69, 9.17) is 4.74 Å². The molecule has 196 valence electrons. The second-order valence-electron chi connectivity index (χ2n) is 11.6. The van der Waals surface area contributed by atoms with Gasteiger partial charge in [-0.15, -0.1) is 0 Å². The van der Waals surface area contributed by atoms with Crippen molar-refractivity contribution in [2.24, 2.45) is 5.92 Å². The third kappa shape index (κ3) is 3.08. The first kappa shape index (κ1) is 22.9. The summed E-state index contributed by atoms with van der Waals surface area (Å²) in [6.45, 7) is 0. The molecule has 4 aliphatic rings. The van der Waals surface area contributed by atoms with Crippen LogP contribution in [0.25, 0.3) is 0 Å². The number of anilines is 2. The fraction of sp³-hybridized carbons (Fsp3) is 0.128. The number of aryl methyl sites for hydroxylation is 2. The minimum Gasteiger partial charge on any atom is -0.453 e. The van der Waals surface area contributed by atoms with Crippen molar-refractivity contribution in [1.29, 1.82) is 0 Å². The molecule has 0 saturated heterocycles. The van der Waals surface area contributed by atoms with Crippen LogP contribution in [-0.4, -0.2) is 0 Å². The van der Waals surface area contributed by atoms with E-state index in [2.05, 4.69) is 132 Å². The molecule has 1 heterocycles. The average Bonchev–Trinajstić information content (AvgIpc) is 3.23. The smallest absolute Gasteiger partial charge is 0.151 e. The molecule has 2 heteroatoms. The summed E-state index contributed by atoms with van der Waals surface area (Å²) in [5, 5.41) is 0. The number of hydrogen-bond acceptors (Lipinski definition) is 2. The van der Waals surface area contributed by atoms with Gasteiger partial charge in [0.25, 0.3) is 0 Å². The second-order valence-corrected chi connectivity index (χ2v) is 11.6. The van der Waals surface area contributed by atoms with Crippen LogP contribution >= 0.6 is 0 Å². The minimum atomic E-state index is -0.232. The Bertz CT molecular complexity index is 1820. The van der Waals surface area contributed by atoms with Crippen molar-refractivity contribution in [2.75, 3.05) is 4.90 Å². The van der Waals surface area contributed by atoms with Crippen molar-refractivity contribution >= 4 is 11.4 Å². The molecule has 1 aliphatic heterocycles. The summed E-state index contributed by atoms with van der Waals surface area (Å²) < 4.78 is 6.33. The molecule has 5 aromatic carbocycles. The van der Waals surface area contributed by atoms with Crippen molar-refractivity contribution in [2.45, 2.75) is 24.2 Å². The number of nitrogens with zero attached hydrogens (tertiary/aromatic N) is 1. The topological polar surface area (TPSA) is 12.5 Å². The van der Waals surface area contributed by atoms with Gasteiger partial charge < -0.3 is 9.64 Å². The third-order valence-electron chi connectivity index (χ3n) is 9.69. The highest BCUT2D eigenvalue weighted by atomic mass is 16.5. The summed E-state index contributed by atoms with van der Waals surface area (Å²) in [7, 11) is 0. The third-order valence-corrected chi connectivity index (χ3v) is 9.69. The van der Waals surface area contributed by atoms with E-state index in [1.54, 1.807) is 0 Å². The zero-order valence-electron chi connectivity index (χ0n) is 22.7. The van der Waals surface area contributed by atoms with Gasteiger partial charge in [0.1, 0.15) is 0 Å². The van der Waals surface area contributed by atoms with Crippen LogP contribution in [-0.2, 0) is 18.3 Å². The van der Waals surface area contributed by atoms with Crippen molar-refractivity contribution in [3.63, 3.8) is 0 Å². The van der Waals surface area contributed by atoms with E-state index in [0.29, 0.717) is 0 Å². The van der Waals surface area contributed by atoms with Gasteiger partial charge in [-0.1, -0.05) is 109 Å². The van der Waals surface area contributed by atoms with Crippen molar-refractivity contribution < 1.29 is 4.74 Å². The first-order valence-electron chi connectivity index (χ1n) is 14.7. The maximum atomic E-state index is 6.33. The van der Waals surface area contributed by atoms with E-state index in [1.807, 2.05) is 12.1 Å². The normalized spacial score (nSPS) is 20.4. The molecule has 0 amide bonds. The lowest BCUT2D eigenvalue weighted by atomic mass is 9.62. The molecule has 2 atom stereocenters. The second kappa shape index (κ2) is 8.59. The van der Waals surface area contributed by atoms with Crippen LogP contribution < -0.4 is 9.64 Å². The van der Waals surface area contributed by atoms with Gasteiger partial charge in [0.15, 0.2) is 11.5 Å². The molecule has 0 radical (unpaired) electrons. The maximum absolute atomic E-state index is 6.33. The van der Waals surface area contributed by atoms with E-state index in [9.17, 15) is 0 Å². The van der Waals surface area contributed by atoms with Crippen LogP contribution in [0, 0.1) is 5.92 Å². The molecule has 2 nitrogen and oxygen atoms in total. The van der Waals surface area contributed by atoms with Crippen molar-refractivity contribution in [3.8, 4) is 11.5 Å². The zero-order valence-corrected chi connectivity index (χ0v) is 22.7. The van der Waals surface area contributed by atoms with Gasteiger partial charge in [0.05, 0.1) is 16.8 Å². The van der Waals surface area contributed by atoms with Gasteiger partial charge in [0.2, 0.25) is 0 Å². The Hall–Kier alpha value is -4.82. The molecule has 0 N–H and O–H groups in total. The predicted molar refractivity (Wildman–Crippen MR) is 165 cm³/mol. The molecule has 5 aromatic rings. The van der Waals surface area contributed by atoms with E-state index < -0.39 is 0 Å². The summed E-state index contributed by atoms with van der Waals surface area (Å²) >= 11 is 0. The minimum absolute atomic E-state index is 0.232. The molecule has 2 unspecified atom stereocenters. The highest BCUT2D eigenvalue weighted by Gasteiger charge is 2.55. The summed E-state index contributed by atoms with van der Waals surface area (Å²) in [4.78, 5) is 2.38. The number of ether oxygens (including phenoxy) is 1. The summed E-state index contributed by atoms with van der Waals surface area (Å²) in [5.41, 5.74) is 11.9. The van der Waals surface area contributed by atoms with Crippen LogP contribution in [0.1, 0.15) is 39.3 Å². The van der Waals surface area contributed by atoms with E-state index in [-0.39, 0.29) is 17.3 Å². The van der Waals surface area contributed by atoms with Gasteiger partial charge in [-0.05, 0) is 76.6 Å². The number of benzene rings is 5. The van der Waals surface area contributed by atoms with Gasteiger partial charge in [-0.3, -0.25) is 0 Å². The highest BCUT2D eigenvalue weighted by molar-refractivity contribution is 5.82. The van der Waals surface area contributed by atoms with E-state index in [0.717, 1.165) is 35.7 Å². The molecular formula is C39H29NO. The number of allylic oxidation sites excluding steroid dienone is 3. The van der Waals surface area contributed by atoms with Crippen LogP contribution in [0.4, 0.5) is 11.4 Å². The molecule has 1 spiro atoms. The molecule has 0 aromatic heterocycles. The highest BCUT2D eigenvalue weighted by Crippen LogP contribution is 2.62. The fourth-order valence-electron chi connectivity index (χ4n) is 8.13. The molecule has 9 rings (SSSR count). The molecule has 0 bridgehead atoms. The maximum Gasteiger partial charge on any atom is 0.151 e. The summed E-state index contributed by atoms with van der Waals surface area (Å²) in [6, 6.07) is 44.3. The average molecular weight is 528 g/mol. The predicted octanol–water partition coefficient (Wildman–Crippen LogP) is 9.23. The zero-order chi connectivity index (χ0) is 27.0. The molecular weight excluding hydrogens is 498 g/mol. The Morgan fingerprint density at radius 3 is 1.78 bits per heavy atom. The standard InChI is InChI=1S/C39H29NO/c1-4-14-31-26(11-1)21-22-27-12-2-5-15-32(27)39(31)33-16-6-3-13-29(33)30-25-28(23-24-34(30)39)40-35-17-7-9-19-37(35)41-38-20-10-8-18-36(38)40/h1-20,23-25,30,34H,21-22H2. The van der Waals surface area contributed by atoms with Gasteiger partial charge in [0, 0.05) is 17.5 Å². The number of hydrogen-bond donors (Lipinski definition) is 0. The molecule has 0 fully saturated rings. The van der Waals surface area contributed by atoms with Crippen molar-refractivity contribution in [3.05, 3.63) is 179 Å². The number of para-hydroxylation sites is 4. The van der Waals surface area contributed by atoms with Crippen LogP contribution in [0.15, 0.2) is 145 Å². The molecule has 3 aliphatic carbocycles. The van der Waals surface area contributed by atoms with E-state index in [1.165, 1.54) is 39.1 Å². The summed E-state index contributed by atoms with van der Waals surface area (Å²) in [6.07, 6.45) is 9.54. The van der Waals surface area contributed by atoms with Crippen molar-refractivity contribution in [1.82, 2.24) is 0 Å². The lowest BCUT2D eigenvalue weighted by Gasteiger charge is -2.41. The number of fused-ring (bicyclic) bond motifs is 11. The number of rotatable bonds is 1. The van der Waals surface area contributed by atoms with Crippen LogP contribution in [0.2, 0.25) is 0 Å². The lowest BCUT2D eigenvalue weighted by Crippen LogP contribution is -2.36. The largest absolute Gasteiger partial charge is 0.453 e. The Morgan fingerprint density at radius 1 is 0.585 bits per heavy atom. The first-order valence-corrected chi connectivity index (χ1v) is 14.7. The Morgan fingerprint density at radius 2 is 1.12 bits per heavy atom. The van der Waals surface area contributed by atoms with Gasteiger partial charge >= 0.3 is 0 Å². The van der Waals surface area contributed by atoms with Gasteiger partial charge in [-0.2, -0.15) is 0 Å². The van der Waals surface area contributed by atoms with Gasteiger partial charge in [-0.25, -0.2) is 0 Å². The van der Waals surface area contributed by atoms with Crippen LogP contribution in [0.5, 0.6) is 11.5 Å². The fourth-order valence-corrected chi connectivity index (χ4v) is 8.13. The summed E-state index contributed by atoms with van der Waals surface area (Å²) in [5.74, 6) is 2.29. The Kier molecular flexibility index (Phi) is 4.81. The monoisotopic (exact) mass is 527 g/mol. The SMILES string of the molecule is C1=CC2C(C=C1N1c3ccccc3Oc3ccccc31)c1ccccc1C21c2ccccc2CCc2ccccc21. The van der Waals surface area contributed by atoms with E-state index >= 15 is 0 Å². The Balaban J connectivity index is 1.29. The van der Waals surface area contributed by atoms with Crippen LogP contribution in [0.3, 0.4) is 0 Å². The quantitative estimate of drug-likeness (QED) is 0.215.